The van der Waals surface area contributed by atoms with Gasteiger partial charge in [0.25, 0.3) is 0 Å². The summed E-state index contributed by atoms with van der Waals surface area (Å²) in [5, 5.41) is 120. The molecule has 7 aromatic rings. The lowest BCUT2D eigenvalue weighted by molar-refractivity contribution is -0.271. The van der Waals surface area contributed by atoms with Crippen molar-refractivity contribution < 1.29 is 98.2 Å². The third kappa shape index (κ3) is 17.3. The number of carbonyl (C=O) groups is 8. The highest BCUT2D eigenvalue weighted by Gasteiger charge is 2.51. The van der Waals surface area contributed by atoms with Crippen LogP contribution in [0.3, 0.4) is 0 Å². The zero-order valence-corrected chi connectivity index (χ0v) is 64.5. The van der Waals surface area contributed by atoms with Crippen LogP contribution in [0.5, 0.6) is 46.0 Å². The lowest BCUT2D eigenvalue weighted by Crippen LogP contribution is -2.61. The van der Waals surface area contributed by atoms with Gasteiger partial charge in [0.05, 0.1) is 22.5 Å². The van der Waals surface area contributed by atoms with Gasteiger partial charge in [-0.1, -0.05) is 103 Å². The number of halogens is 3. The summed E-state index contributed by atoms with van der Waals surface area (Å²) in [5.41, 5.74) is 6.50. The number of hydrogen-bond acceptors (Lipinski definition) is 22. The fourth-order valence-electron chi connectivity index (χ4n) is 17.0. The van der Waals surface area contributed by atoms with Crippen LogP contribution in [-0.4, -0.2) is 163 Å². The minimum absolute atomic E-state index is 0.0823. The number of carbonyl (C=O) groups excluding carboxylic acids is 8. The summed E-state index contributed by atoms with van der Waals surface area (Å²) in [4.78, 5) is 121. The molecule has 10 aliphatic rings. The predicted octanol–water partition coefficient (Wildman–Crippen LogP) is 5.84. The first-order valence-corrected chi connectivity index (χ1v) is 39.0. The Labute approximate surface area is 674 Å². The van der Waals surface area contributed by atoms with Gasteiger partial charge in [-0.3, -0.25) is 38.4 Å². The molecule has 1 saturated heterocycles. The van der Waals surface area contributed by atoms with Crippen LogP contribution in [0.15, 0.2) is 127 Å². The lowest BCUT2D eigenvalue weighted by Gasteiger charge is -2.54. The van der Waals surface area contributed by atoms with E-state index in [0.717, 1.165) is 91.3 Å². The molecule has 0 unspecified atom stereocenters. The van der Waals surface area contributed by atoms with Crippen molar-refractivity contribution >= 4 is 82.1 Å². The Morgan fingerprint density at radius 3 is 1.79 bits per heavy atom. The number of fused-ring (bicyclic) bond motifs is 15. The fraction of sp³-hybridized carbons (Fsp3) is 0.390. The van der Waals surface area contributed by atoms with Crippen LogP contribution in [0.2, 0.25) is 15.1 Å². The quantitative estimate of drug-likeness (QED) is 0.0540. The Balaban J connectivity index is 0.916. The molecule has 30 nitrogen and oxygen atoms in total. The Bertz CT molecular complexity index is 4920. The van der Waals surface area contributed by atoms with E-state index in [0.29, 0.717) is 16.9 Å². The second kappa shape index (κ2) is 33.8. The first-order valence-electron chi connectivity index (χ1n) is 37.8. The topological polar surface area (TPSA) is 470 Å². The molecule has 606 valence electrons. The van der Waals surface area contributed by atoms with Crippen LogP contribution in [0.1, 0.15) is 123 Å². The third-order valence-corrected chi connectivity index (χ3v) is 23.4. The van der Waals surface area contributed by atoms with Gasteiger partial charge in [-0.25, -0.2) is 0 Å². The van der Waals surface area contributed by atoms with Crippen molar-refractivity contribution in [3.8, 4) is 68.2 Å². The molecule has 8 amide bonds. The van der Waals surface area contributed by atoms with Crippen molar-refractivity contribution in [2.24, 2.45) is 35.3 Å². The molecule has 5 fully saturated rings. The van der Waals surface area contributed by atoms with E-state index >= 15 is 24.0 Å². The predicted molar refractivity (Wildman–Crippen MR) is 416 cm³/mol. The summed E-state index contributed by atoms with van der Waals surface area (Å²) >= 11 is 20.5. The second-order valence-electron chi connectivity index (χ2n) is 31.0. The Morgan fingerprint density at radius 2 is 1.18 bits per heavy atom. The molecule has 15 bridgehead atoms. The maximum absolute atomic E-state index is 16.3. The molecule has 14 atom stereocenters. The van der Waals surface area contributed by atoms with E-state index in [1.54, 1.807) is 12.1 Å². The molecular formula is C82H87Cl3N10O20. The van der Waals surface area contributed by atoms with Gasteiger partial charge in [-0.05, 0) is 186 Å². The lowest BCUT2D eigenvalue weighted by atomic mass is 9.54. The number of hydrogen-bond donors (Lipinski definition) is 18. The smallest absolute Gasteiger partial charge is 0.248 e. The van der Waals surface area contributed by atoms with Crippen molar-refractivity contribution in [2.45, 2.75) is 157 Å². The van der Waals surface area contributed by atoms with Crippen LogP contribution >= 0.6 is 34.8 Å². The van der Waals surface area contributed by atoms with Gasteiger partial charge >= 0.3 is 0 Å². The van der Waals surface area contributed by atoms with Crippen molar-refractivity contribution in [3.63, 3.8) is 0 Å². The molecular weight excluding hydrogens is 1550 g/mol. The summed E-state index contributed by atoms with van der Waals surface area (Å²) in [7, 11) is 1.50. The van der Waals surface area contributed by atoms with Crippen LogP contribution in [-0.2, 0) is 49.6 Å². The second-order valence-corrected chi connectivity index (χ2v) is 32.2. The van der Waals surface area contributed by atoms with Crippen molar-refractivity contribution in [2.75, 3.05) is 13.6 Å². The molecule has 19 N–H and O–H groups in total. The first-order chi connectivity index (χ1) is 54.9. The standard InChI is InChI=1S/C82H87Cl3N10O20/c1-34(2)18-52(87-3)75(105)94-67-69(100)41-11-16-56(50(84)25-41)112-58-27-45-28-59(74(58)115-82-73(104)72(103)71(102)60(114-82)33-88-32-35-4-6-38(7-5-35)39-8-13-46(83)14-9-39)113-57-17-12-42(26-51(57)85)70(101)68-81(111)93-66(79(109)90-63-43-20-36-19-37(22-43)23-44(63)21-36)49-29-47(96)30-55(98)62(49)48-24-40(10-15-54(48)97)64(77(107)95-68)92-78(108)65(45)91-76(106)53(31-61(86)99)89-80(67)110/h4-17,24-30,34,36-37,43-44,52-53,60,63-73,82,87-88,96-98,100-104H,18-23,31-33H2,1-3H3,(H2,86,99)(H,89,110)(H,90,109)(H,91,106)(H,92,108)(H,93,111)(H,94,105)(H,95,107)/t36?,37?,43?,44?,52-,53+,60+,63?,64-,65-,66+,67-,68+,69-,70-,71+,72-,73+,82-/m1/s1. The molecule has 6 heterocycles. The molecule has 4 saturated carbocycles. The molecule has 0 radical (unpaired) electrons. The van der Waals surface area contributed by atoms with Crippen molar-refractivity contribution in [1.29, 1.82) is 0 Å². The summed E-state index contributed by atoms with van der Waals surface area (Å²) in [5.74, 6) is -12.6. The molecule has 33 heteroatoms. The average Bonchev–Trinajstić information content (AvgIpc) is 0.762. The van der Waals surface area contributed by atoms with Crippen LogP contribution in [0, 0.1) is 29.6 Å². The van der Waals surface area contributed by atoms with Gasteiger partial charge in [-0.2, -0.15) is 0 Å². The largest absolute Gasteiger partial charge is 0.508 e. The summed E-state index contributed by atoms with van der Waals surface area (Å²) in [6, 6.07) is 15.8. The average molecular weight is 1640 g/mol. The Kier molecular flexibility index (Phi) is 23.9. The zero-order valence-electron chi connectivity index (χ0n) is 62.2. The van der Waals surface area contributed by atoms with Gasteiger partial charge in [0, 0.05) is 41.3 Å². The maximum atomic E-state index is 16.3. The van der Waals surface area contributed by atoms with E-state index in [1.807, 2.05) is 50.2 Å². The van der Waals surface area contributed by atoms with E-state index in [-0.39, 0.29) is 98.2 Å². The molecule has 0 aromatic heterocycles. The highest BCUT2D eigenvalue weighted by Crippen LogP contribution is 2.55. The third-order valence-electron chi connectivity index (χ3n) is 22.6. The highest BCUT2D eigenvalue weighted by molar-refractivity contribution is 6.32. The summed E-state index contributed by atoms with van der Waals surface area (Å²) in [6.07, 6.45) is -9.75. The molecule has 115 heavy (non-hydrogen) atoms. The van der Waals surface area contributed by atoms with Gasteiger partial charge in [0.15, 0.2) is 11.5 Å². The molecule has 7 aromatic carbocycles. The number of aromatic hydroxyl groups is 3. The van der Waals surface area contributed by atoms with Crippen molar-refractivity contribution in [3.05, 3.63) is 176 Å². The number of primary amides is 1. The highest BCUT2D eigenvalue weighted by atomic mass is 35.5. The Hall–Kier alpha value is -10.4. The number of ether oxygens (including phenoxy) is 4. The maximum Gasteiger partial charge on any atom is 0.248 e. The molecule has 0 spiro atoms. The van der Waals surface area contributed by atoms with Gasteiger partial charge in [0.2, 0.25) is 59.3 Å². The molecule has 4 aliphatic carbocycles. The van der Waals surface area contributed by atoms with Crippen molar-refractivity contribution in [1.82, 2.24) is 47.9 Å². The number of rotatable bonds is 16. The first kappa shape index (κ1) is 81.2. The summed E-state index contributed by atoms with van der Waals surface area (Å²) < 4.78 is 26.3. The number of nitrogens with two attached hydrogens (primary N) is 1. The van der Waals surface area contributed by atoms with E-state index in [1.165, 1.54) is 43.4 Å². The molecule has 6 aliphatic heterocycles. The minimum Gasteiger partial charge on any atom is -0.508 e. The minimum atomic E-state index is -2.29. The number of amides is 8. The number of phenols is 3. The number of likely N-dealkylation sites (N-methyl/N-ethyl adjacent to an activating group) is 1. The SMILES string of the molecule is CN[C@H](CC(C)C)C(=O)N[C@H]1C(=O)N[C@@H](CC(N)=O)C(=O)N[C@H]2C(=O)N[C@H]3C(=O)N[C@H](C(=O)N[C@H](C(=O)NC4C5CC6CC(C5)CC4C6)c4cc(O)cc(O)c4-c4cc3ccc4O)[C@H](O)c3ccc(c(Cl)c3)Oc3cc2cc(c3O[C@H]2O[C@@H](CNCc3ccc(-c4ccc(Cl)cc4)cc3)[C@H](O)[C@@H](O)[C@@H]2O)Oc2ccc(cc2Cl)[C@H]1O. The van der Waals surface area contributed by atoms with Gasteiger partial charge in [0.1, 0.15) is 102 Å². The number of aliphatic hydroxyl groups is 5. The van der Waals surface area contributed by atoms with Gasteiger partial charge in [-0.15, -0.1) is 0 Å². The number of aliphatic hydroxyl groups excluding tert-OH is 5. The van der Waals surface area contributed by atoms with Crippen LogP contribution in [0.25, 0.3) is 22.3 Å². The molecule has 17 rings (SSSR count). The Morgan fingerprint density at radius 1 is 0.591 bits per heavy atom. The number of nitrogens with one attached hydrogen (secondary N) is 9. The monoisotopic (exact) mass is 1640 g/mol. The number of phenolic OH excluding ortho intramolecular Hbond substituents is 3. The number of benzene rings is 7. The summed E-state index contributed by atoms with van der Waals surface area (Å²) in [6.45, 7) is 3.70. The van der Waals surface area contributed by atoms with E-state index in [2.05, 4.69) is 47.9 Å². The zero-order chi connectivity index (χ0) is 81.7. The van der Waals surface area contributed by atoms with E-state index < -0.39 is 179 Å². The van der Waals surface area contributed by atoms with Crippen LogP contribution in [0.4, 0.5) is 0 Å². The van der Waals surface area contributed by atoms with E-state index in [4.69, 9.17) is 59.5 Å². The van der Waals surface area contributed by atoms with Crippen LogP contribution < -0.4 is 67.8 Å². The fourth-order valence-corrected chi connectivity index (χ4v) is 17.6. The van der Waals surface area contributed by atoms with E-state index in [9.17, 15) is 55.2 Å². The van der Waals surface area contributed by atoms with Gasteiger partial charge < -0.3 is 113 Å². The normalized spacial score (nSPS) is 27.9.